The molecule has 2 rings (SSSR count). The molecule has 0 unspecified atom stereocenters. The van der Waals surface area contributed by atoms with Crippen LogP contribution in [-0.4, -0.2) is 23.9 Å². The fourth-order valence-electron chi connectivity index (χ4n) is 2.07. The normalized spacial score (nSPS) is 16.2. The number of hydrogen-bond donors (Lipinski definition) is 0. The Kier molecular flexibility index (Phi) is 3.74. The zero-order valence-electron chi connectivity index (χ0n) is 10.00. The number of rotatable bonds is 1. The van der Waals surface area contributed by atoms with Crippen molar-refractivity contribution in [3.05, 3.63) is 35.1 Å². The molecule has 1 fully saturated rings. The number of carbonyl (C=O) groups is 1. The van der Waals surface area contributed by atoms with Gasteiger partial charge in [-0.05, 0) is 25.0 Å². The molecule has 0 atom stereocenters. The number of piperidine rings is 1. The molecule has 0 N–H and O–H groups in total. The Morgan fingerprint density at radius 3 is 2.21 bits per heavy atom. The van der Waals surface area contributed by atoms with Gasteiger partial charge in [0, 0.05) is 24.6 Å². The lowest BCUT2D eigenvalue weighted by molar-refractivity contribution is 0.0706. The first-order valence-corrected chi connectivity index (χ1v) is 5.86. The van der Waals surface area contributed by atoms with Crippen molar-refractivity contribution in [1.82, 2.24) is 4.90 Å². The van der Waals surface area contributed by atoms with Crippen molar-refractivity contribution >= 4 is 5.91 Å². The first-order chi connectivity index (χ1) is 9.02. The van der Waals surface area contributed by atoms with Gasteiger partial charge >= 0.3 is 0 Å². The highest BCUT2D eigenvalue weighted by Gasteiger charge is 2.25. The summed E-state index contributed by atoms with van der Waals surface area (Å²) in [7, 11) is 0. The summed E-state index contributed by atoms with van der Waals surface area (Å²) in [6.45, 7) is 0.718. The third kappa shape index (κ3) is 2.70. The second kappa shape index (κ2) is 5.31. The lowest BCUT2D eigenvalue weighted by Gasteiger charge is -2.29. The molecular formula is C13H11F3N2O. The Balaban J connectivity index is 2.15. The Hall–Kier alpha value is -2.03. The minimum atomic E-state index is -1.58. The van der Waals surface area contributed by atoms with E-state index >= 15 is 0 Å². The lowest BCUT2D eigenvalue weighted by atomic mass is 9.98. The van der Waals surface area contributed by atoms with Gasteiger partial charge in [-0.3, -0.25) is 4.79 Å². The molecular weight excluding hydrogens is 257 g/mol. The van der Waals surface area contributed by atoms with Gasteiger partial charge < -0.3 is 4.90 Å². The number of carbonyl (C=O) groups excluding carboxylic acids is 1. The number of nitriles is 1. The van der Waals surface area contributed by atoms with Crippen molar-refractivity contribution in [2.24, 2.45) is 5.92 Å². The van der Waals surface area contributed by atoms with E-state index in [0.29, 0.717) is 38.1 Å². The summed E-state index contributed by atoms with van der Waals surface area (Å²) in [6.07, 6.45) is 1.07. The quantitative estimate of drug-likeness (QED) is 0.734. The van der Waals surface area contributed by atoms with E-state index in [-0.39, 0.29) is 11.5 Å². The topological polar surface area (TPSA) is 44.1 Å². The Morgan fingerprint density at radius 1 is 1.21 bits per heavy atom. The number of hydrogen-bond acceptors (Lipinski definition) is 2. The molecule has 1 amide bonds. The van der Waals surface area contributed by atoms with Crippen LogP contribution in [0.25, 0.3) is 0 Å². The van der Waals surface area contributed by atoms with E-state index < -0.39 is 23.4 Å². The van der Waals surface area contributed by atoms with Crippen LogP contribution in [0.4, 0.5) is 13.2 Å². The fourth-order valence-corrected chi connectivity index (χ4v) is 2.07. The highest BCUT2D eigenvalue weighted by Crippen LogP contribution is 2.20. The SMILES string of the molecule is N#CC1CCN(C(=O)c2cc(F)c(F)c(F)c2)CC1. The molecule has 1 aromatic rings. The molecule has 1 heterocycles. The number of likely N-dealkylation sites (tertiary alicyclic amines) is 1. The minimum Gasteiger partial charge on any atom is -0.339 e. The maximum Gasteiger partial charge on any atom is 0.254 e. The summed E-state index contributed by atoms with van der Waals surface area (Å²) in [5.41, 5.74) is -0.216. The smallest absolute Gasteiger partial charge is 0.254 e. The number of amides is 1. The third-order valence-electron chi connectivity index (χ3n) is 3.20. The number of nitrogens with zero attached hydrogens (tertiary/aromatic N) is 2. The van der Waals surface area contributed by atoms with Gasteiger partial charge in [0.2, 0.25) is 0 Å². The van der Waals surface area contributed by atoms with Gasteiger partial charge in [-0.1, -0.05) is 0 Å². The van der Waals surface area contributed by atoms with E-state index in [9.17, 15) is 18.0 Å². The molecule has 0 bridgehead atoms. The fraction of sp³-hybridized carbons (Fsp3) is 0.385. The predicted octanol–water partition coefficient (Wildman–Crippen LogP) is 2.48. The summed E-state index contributed by atoms with van der Waals surface area (Å²) in [5, 5.41) is 8.74. The Labute approximate surface area is 108 Å². The van der Waals surface area contributed by atoms with Crippen LogP contribution in [-0.2, 0) is 0 Å². The summed E-state index contributed by atoms with van der Waals surface area (Å²) in [6, 6.07) is 3.50. The summed E-state index contributed by atoms with van der Waals surface area (Å²) in [5.74, 6) is -4.98. The molecule has 0 saturated carbocycles. The van der Waals surface area contributed by atoms with E-state index in [1.807, 2.05) is 0 Å². The average Bonchev–Trinajstić information content (AvgIpc) is 2.43. The molecule has 6 heteroatoms. The van der Waals surface area contributed by atoms with E-state index in [0.717, 1.165) is 0 Å². The van der Waals surface area contributed by atoms with E-state index in [1.54, 1.807) is 0 Å². The second-order valence-electron chi connectivity index (χ2n) is 4.45. The van der Waals surface area contributed by atoms with Gasteiger partial charge in [0.1, 0.15) is 0 Å². The van der Waals surface area contributed by atoms with Gasteiger partial charge in [0.05, 0.1) is 6.07 Å². The molecule has 1 aliphatic rings. The first-order valence-electron chi connectivity index (χ1n) is 5.86. The van der Waals surface area contributed by atoms with Crippen LogP contribution in [0.1, 0.15) is 23.2 Å². The van der Waals surface area contributed by atoms with Crippen molar-refractivity contribution in [2.45, 2.75) is 12.8 Å². The number of halogens is 3. The summed E-state index contributed by atoms with van der Waals surface area (Å²) < 4.78 is 38.9. The largest absolute Gasteiger partial charge is 0.339 e. The van der Waals surface area contributed by atoms with Crippen molar-refractivity contribution in [2.75, 3.05) is 13.1 Å². The molecule has 1 aliphatic heterocycles. The predicted molar refractivity (Wildman–Crippen MR) is 60.6 cm³/mol. The minimum absolute atomic E-state index is 0.0919. The first kappa shape index (κ1) is 13.4. The van der Waals surface area contributed by atoms with Crippen molar-refractivity contribution in [1.29, 1.82) is 5.26 Å². The molecule has 3 nitrogen and oxygen atoms in total. The highest BCUT2D eigenvalue weighted by molar-refractivity contribution is 5.94. The molecule has 0 spiro atoms. The van der Waals surface area contributed by atoms with Crippen LogP contribution in [0.2, 0.25) is 0 Å². The zero-order chi connectivity index (χ0) is 14.0. The van der Waals surface area contributed by atoms with Gasteiger partial charge in [0.15, 0.2) is 17.5 Å². The van der Waals surface area contributed by atoms with E-state index in [1.165, 1.54) is 4.90 Å². The Bertz CT molecular complexity index is 522. The van der Waals surface area contributed by atoms with Crippen LogP contribution in [0, 0.1) is 34.7 Å². The Morgan fingerprint density at radius 2 is 1.74 bits per heavy atom. The molecule has 100 valence electrons. The van der Waals surface area contributed by atoms with Crippen LogP contribution in [0.3, 0.4) is 0 Å². The number of benzene rings is 1. The van der Waals surface area contributed by atoms with Gasteiger partial charge in [-0.25, -0.2) is 13.2 Å². The molecule has 19 heavy (non-hydrogen) atoms. The third-order valence-corrected chi connectivity index (χ3v) is 3.20. The summed E-state index contributed by atoms with van der Waals surface area (Å²) in [4.78, 5) is 13.4. The zero-order valence-corrected chi connectivity index (χ0v) is 10.00. The molecule has 0 aromatic heterocycles. The summed E-state index contributed by atoms with van der Waals surface area (Å²) >= 11 is 0. The molecule has 1 saturated heterocycles. The lowest BCUT2D eigenvalue weighted by Crippen LogP contribution is -2.38. The van der Waals surface area contributed by atoms with Crippen LogP contribution in [0.15, 0.2) is 12.1 Å². The monoisotopic (exact) mass is 268 g/mol. The van der Waals surface area contributed by atoms with Crippen molar-refractivity contribution in [3.63, 3.8) is 0 Å². The molecule has 0 radical (unpaired) electrons. The van der Waals surface area contributed by atoms with E-state index in [2.05, 4.69) is 6.07 Å². The van der Waals surface area contributed by atoms with Crippen LogP contribution < -0.4 is 0 Å². The average molecular weight is 268 g/mol. The van der Waals surface area contributed by atoms with Crippen LogP contribution >= 0.6 is 0 Å². The van der Waals surface area contributed by atoms with Crippen LogP contribution in [0.5, 0.6) is 0 Å². The van der Waals surface area contributed by atoms with Gasteiger partial charge in [-0.2, -0.15) is 5.26 Å². The van der Waals surface area contributed by atoms with Gasteiger partial charge in [0.25, 0.3) is 5.91 Å². The van der Waals surface area contributed by atoms with Crippen molar-refractivity contribution < 1.29 is 18.0 Å². The second-order valence-corrected chi connectivity index (χ2v) is 4.45. The standard InChI is InChI=1S/C13H11F3N2O/c14-10-5-9(6-11(15)12(10)16)13(19)18-3-1-8(7-17)2-4-18/h5-6,8H,1-4H2. The maximum absolute atomic E-state index is 13.1. The molecule has 1 aromatic carbocycles. The molecule has 0 aliphatic carbocycles. The van der Waals surface area contributed by atoms with Gasteiger partial charge in [-0.15, -0.1) is 0 Å². The highest BCUT2D eigenvalue weighted by atomic mass is 19.2. The maximum atomic E-state index is 13.1. The van der Waals surface area contributed by atoms with E-state index in [4.69, 9.17) is 5.26 Å². The van der Waals surface area contributed by atoms with Crippen molar-refractivity contribution in [3.8, 4) is 6.07 Å².